The molecule has 0 aliphatic carbocycles. The first-order chi connectivity index (χ1) is 11.6. The molecule has 25 heavy (non-hydrogen) atoms. The monoisotopic (exact) mass is 474 g/mol. The van der Waals surface area contributed by atoms with E-state index in [-0.39, 0.29) is 24.0 Å². The van der Waals surface area contributed by atoms with Gasteiger partial charge in [0.25, 0.3) is 0 Å². The Morgan fingerprint density at radius 1 is 1.24 bits per heavy atom. The van der Waals surface area contributed by atoms with Gasteiger partial charge in [-0.25, -0.2) is 4.98 Å². The zero-order chi connectivity index (χ0) is 17.1. The molecule has 0 bridgehead atoms. The van der Waals surface area contributed by atoms with Crippen molar-refractivity contribution in [3.8, 4) is 0 Å². The van der Waals surface area contributed by atoms with Crippen molar-refractivity contribution in [1.82, 2.24) is 25.2 Å². The lowest BCUT2D eigenvalue weighted by molar-refractivity contribution is 0.392. The SMILES string of the molecule is CN=C(NCc1cn2cc(Cl)ccc2n1)NCc1c(C)noc1C.I. The fourth-order valence-electron chi connectivity index (χ4n) is 2.42. The fraction of sp³-hybridized carbons (Fsp3) is 0.312. The molecule has 3 aromatic heterocycles. The van der Waals surface area contributed by atoms with E-state index in [9.17, 15) is 0 Å². The number of halogens is 2. The van der Waals surface area contributed by atoms with E-state index in [4.69, 9.17) is 16.1 Å². The predicted molar refractivity (Wildman–Crippen MR) is 109 cm³/mol. The molecule has 0 fully saturated rings. The van der Waals surface area contributed by atoms with E-state index >= 15 is 0 Å². The van der Waals surface area contributed by atoms with Crippen LogP contribution in [0.2, 0.25) is 5.02 Å². The van der Waals surface area contributed by atoms with Crippen LogP contribution < -0.4 is 10.6 Å². The largest absolute Gasteiger partial charge is 0.361 e. The molecule has 0 atom stereocenters. The molecule has 7 nitrogen and oxygen atoms in total. The Hall–Kier alpha value is -1.81. The summed E-state index contributed by atoms with van der Waals surface area (Å²) in [6.07, 6.45) is 3.77. The van der Waals surface area contributed by atoms with E-state index in [1.54, 1.807) is 7.05 Å². The number of nitrogens with one attached hydrogen (secondary N) is 2. The van der Waals surface area contributed by atoms with Crippen molar-refractivity contribution in [3.63, 3.8) is 0 Å². The summed E-state index contributed by atoms with van der Waals surface area (Å²) in [5.74, 6) is 1.50. The van der Waals surface area contributed by atoms with Gasteiger partial charge in [-0.15, -0.1) is 24.0 Å². The molecule has 0 saturated heterocycles. The number of hydrogen-bond acceptors (Lipinski definition) is 4. The van der Waals surface area contributed by atoms with Crippen LogP contribution in [0, 0.1) is 13.8 Å². The molecule has 0 aliphatic heterocycles. The lowest BCUT2D eigenvalue weighted by Crippen LogP contribution is -2.36. The van der Waals surface area contributed by atoms with Gasteiger partial charge in [0.2, 0.25) is 0 Å². The maximum Gasteiger partial charge on any atom is 0.191 e. The highest BCUT2D eigenvalue weighted by molar-refractivity contribution is 14.0. The number of nitrogens with zero attached hydrogens (tertiary/aromatic N) is 4. The summed E-state index contributed by atoms with van der Waals surface area (Å²) < 4.78 is 7.06. The minimum absolute atomic E-state index is 0. The molecule has 9 heteroatoms. The van der Waals surface area contributed by atoms with Crippen LogP contribution in [0.15, 0.2) is 34.0 Å². The fourth-order valence-corrected chi connectivity index (χ4v) is 2.59. The zero-order valence-electron chi connectivity index (χ0n) is 14.2. The average molecular weight is 475 g/mol. The number of aryl methyl sites for hydroxylation is 2. The van der Waals surface area contributed by atoms with Crippen molar-refractivity contribution in [2.75, 3.05) is 7.05 Å². The number of rotatable bonds is 4. The highest BCUT2D eigenvalue weighted by Gasteiger charge is 2.09. The van der Waals surface area contributed by atoms with Crippen molar-refractivity contribution in [2.24, 2.45) is 4.99 Å². The summed E-state index contributed by atoms with van der Waals surface area (Å²) >= 11 is 5.99. The summed E-state index contributed by atoms with van der Waals surface area (Å²) in [6, 6.07) is 3.71. The van der Waals surface area contributed by atoms with Crippen LogP contribution in [0.5, 0.6) is 0 Å². The Morgan fingerprint density at radius 3 is 2.68 bits per heavy atom. The number of fused-ring (bicyclic) bond motifs is 1. The predicted octanol–water partition coefficient (Wildman–Crippen LogP) is 3.08. The number of pyridine rings is 1. The van der Waals surface area contributed by atoms with Crippen molar-refractivity contribution >= 4 is 47.2 Å². The van der Waals surface area contributed by atoms with Crippen LogP contribution in [0.25, 0.3) is 5.65 Å². The van der Waals surface area contributed by atoms with Gasteiger partial charge in [0.1, 0.15) is 11.4 Å². The maximum absolute atomic E-state index is 5.99. The summed E-state index contributed by atoms with van der Waals surface area (Å²) in [7, 11) is 1.73. The first-order valence-corrected chi connectivity index (χ1v) is 7.94. The molecule has 0 saturated carbocycles. The van der Waals surface area contributed by atoms with Gasteiger partial charge in [-0.2, -0.15) is 0 Å². The van der Waals surface area contributed by atoms with Crippen LogP contribution >= 0.6 is 35.6 Å². The molecule has 134 valence electrons. The lowest BCUT2D eigenvalue weighted by Gasteiger charge is -2.10. The van der Waals surface area contributed by atoms with E-state index in [2.05, 4.69) is 25.8 Å². The zero-order valence-corrected chi connectivity index (χ0v) is 17.3. The molecular weight excluding hydrogens is 455 g/mol. The third-order valence-electron chi connectivity index (χ3n) is 3.74. The highest BCUT2D eigenvalue weighted by atomic mass is 127. The van der Waals surface area contributed by atoms with Crippen LogP contribution in [0.3, 0.4) is 0 Å². The molecule has 3 heterocycles. The van der Waals surface area contributed by atoms with Crippen LogP contribution in [0.4, 0.5) is 0 Å². The van der Waals surface area contributed by atoms with Crippen molar-refractivity contribution in [2.45, 2.75) is 26.9 Å². The van der Waals surface area contributed by atoms with Gasteiger partial charge < -0.3 is 19.6 Å². The molecule has 2 N–H and O–H groups in total. The first-order valence-electron chi connectivity index (χ1n) is 7.56. The van der Waals surface area contributed by atoms with E-state index in [1.165, 1.54) is 0 Å². The normalized spacial score (nSPS) is 11.4. The number of imidazole rings is 1. The highest BCUT2D eigenvalue weighted by Crippen LogP contribution is 2.12. The molecule has 3 rings (SSSR count). The number of aromatic nitrogens is 3. The Morgan fingerprint density at radius 2 is 2.00 bits per heavy atom. The maximum atomic E-state index is 5.99. The second kappa shape index (κ2) is 8.52. The van der Waals surface area contributed by atoms with Crippen LogP contribution in [0.1, 0.15) is 22.7 Å². The van der Waals surface area contributed by atoms with Crippen molar-refractivity contribution < 1.29 is 4.52 Å². The van der Waals surface area contributed by atoms with E-state index in [1.807, 2.05) is 42.8 Å². The van der Waals surface area contributed by atoms with Crippen molar-refractivity contribution in [3.05, 3.63) is 52.3 Å². The molecule has 0 spiro atoms. The molecule has 0 unspecified atom stereocenters. The Labute approximate surface area is 167 Å². The smallest absolute Gasteiger partial charge is 0.191 e. The molecule has 0 aliphatic rings. The number of aliphatic imine (C=N–C) groups is 1. The summed E-state index contributed by atoms with van der Waals surface area (Å²) in [5, 5.41) is 11.1. The molecule has 0 aromatic carbocycles. The average Bonchev–Trinajstić information content (AvgIpc) is 3.11. The van der Waals surface area contributed by atoms with Gasteiger partial charge in [-0.05, 0) is 26.0 Å². The minimum Gasteiger partial charge on any atom is -0.361 e. The van der Waals surface area contributed by atoms with Gasteiger partial charge in [0.15, 0.2) is 5.96 Å². The first kappa shape index (κ1) is 19.5. The third-order valence-corrected chi connectivity index (χ3v) is 3.96. The third kappa shape index (κ3) is 4.63. The molecule has 0 radical (unpaired) electrons. The Balaban J connectivity index is 0.00000225. The van der Waals surface area contributed by atoms with Gasteiger partial charge in [0.05, 0.1) is 23.0 Å². The van der Waals surface area contributed by atoms with Crippen molar-refractivity contribution in [1.29, 1.82) is 0 Å². The second-order valence-electron chi connectivity index (χ2n) is 5.43. The topological polar surface area (TPSA) is 79.8 Å². The molecule has 3 aromatic rings. The number of hydrogen-bond donors (Lipinski definition) is 2. The quantitative estimate of drug-likeness (QED) is 0.345. The number of guanidine groups is 1. The van der Waals surface area contributed by atoms with Gasteiger partial charge >= 0.3 is 0 Å². The van der Waals surface area contributed by atoms with Gasteiger partial charge in [-0.1, -0.05) is 16.8 Å². The molecular formula is C16H20ClIN6O. The van der Waals surface area contributed by atoms with Gasteiger partial charge in [0, 0.05) is 31.5 Å². The minimum atomic E-state index is 0. The Kier molecular flexibility index (Phi) is 6.65. The molecule has 0 amide bonds. The summed E-state index contributed by atoms with van der Waals surface area (Å²) in [4.78, 5) is 8.75. The lowest BCUT2D eigenvalue weighted by atomic mass is 10.2. The Bertz CT molecular complexity index is 869. The van der Waals surface area contributed by atoms with Gasteiger partial charge in [-0.3, -0.25) is 4.99 Å². The van der Waals surface area contributed by atoms with Crippen LogP contribution in [-0.2, 0) is 13.1 Å². The van der Waals surface area contributed by atoms with Crippen LogP contribution in [-0.4, -0.2) is 27.5 Å². The summed E-state index contributed by atoms with van der Waals surface area (Å²) in [5.41, 5.74) is 3.68. The standard InChI is InChI=1S/C16H19ClN6O.HI/c1-10-14(11(2)24-22-10)7-20-16(18-3)19-6-13-9-23-8-12(17)4-5-15(23)21-13;/h4-5,8-9H,6-7H2,1-3H3,(H2,18,19,20);1H. The van der Waals surface area contributed by atoms with E-state index in [0.717, 1.165) is 28.4 Å². The second-order valence-corrected chi connectivity index (χ2v) is 5.86. The van der Waals surface area contributed by atoms with E-state index in [0.29, 0.717) is 24.1 Å². The van der Waals surface area contributed by atoms with E-state index < -0.39 is 0 Å². The summed E-state index contributed by atoms with van der Waals surface area (Å²) in [6.45, 7) is 4.97.